The van der Waals surface area contributed by atoms with Gasteiger partial charge in [0, 0.05) is 23.7 Å². The Bertz CT molecular complexity index is 1040. The predicted octanol–water partition coefficient (Wildman–Crippen LogP) is 4.02. The van der Waals surface area contributed by atoms with E-state index in [1.54, 1.807) is 0 Å². The highest BCUT2D eigenvalue weighted by Crippen LogP contribution is 2.24. The SMILES string of the molecule is CC(=O)Nc1ccc(-c2cnc3ccc(-c4ccccc4)nn23)cc1. The summed E-state index contributed by atoms with van der Waals surface area (Å²) in [4.78, 5) is 15.6. The first-order valence-electron chi connectivity index (χ1n) is 7.99. The van der Waals surface area contributed by atoms with Crippen LogP contribution in [-0.2, 0) is 4.79 Å². The molecule has 5 nitrogen and oxygen atoms in total. The van der Waals surface area contributed by atoms with Gasteiger partial charge in [0.15, 0.2) is 5.65 Å². The number of carbonyl (C=O) groups excluding carboxylic acids is 1. The summed E-state index contributed by atoms with van der Waals surface area (Å²) in [6, 6.07) is 21.6. The average Bonchev–Trinajstić information content (AvgIpc) is 3.06. The molecule has 0 unspecified atom stereocenters. The summed E-state index contributed by atoms with van der Waals surface area (Å²) in [5, 5.41) is 7.51. The van der Waals surface area contributed by atoms with Gasteiger partial charge in [-0.1, -0.05) is 42.5 Å². The number of nitrogens with one attached hydrogen (secondary N) is 1. The van der Waals surface area contributed by atoms with Gasteiger partial charge < -0.3 is 5.32 Å². The Hall–Kier alpha value is -3.47. The number of imidazole rings is 1. The Kier molecular flexibility index (Phi) is 3.74. The molecule has 0 aliphatic carbocycles. The fourth-order valence-electron chi connectivity index (χ4n) is 2.76. The van der Waals surface area contributed by atoms with E-state index in [1.165, 1.54) is 6.92 Å². The molecular weight excluding hydrogens is 312 g/mol. The number of hydrogen-bond donors (Lipinski definition) is 1. The molecule has 1 amide bonds. The quantitative estimate of drug-likeness (QED) is 0.618. The van der Waals surface area contributed by atoms with E-state index >= 15 is 0 Å². The number of benzene rings is 2. The van der Waals surface area contributed by atoms with Crippen molar-refractivity contribution in [2.45, 2.75) is 6.92 Å². The number of anilines is 1. The van der Waals surface area contributed by atoms with Crippen LogP contribution in [0.15, 0.2) is 72.9 Å². The van der Waals surface area contributed by atoms with Crippen molar-refractivity contribution < 1.29 is 4.79 Å². The topological polar surface area (TPSA) is 59.3 Å². The van der Waals surface area contributed by atoms with E-state index in [1.807, 2.05) is 77.4 Å². The highest BCUT2D eigenvalue weighted by Gasteiger charge is 2.09. The van der Waals surface area contributed by atoms with Gasteiger partial charge in [-0.2, -0.15) is 5.10 Å². The molecule has 0 aliphatic heterocycles. The molecule has 25 heavy (non-hydrogen) atoms. The highest BCUT2D eigenvalue weighted by atomic mass is 16.1. The van der Waals surface area contributed by atoms with Crippen LogP contribution in [-0.4, -0.2) is 20.5 Å². The Morgan fingerprint density at radius 2 is 1.68 bits per heavy atom. The Labute approximate surface area is 145 Å². The normalized spacial score (nSPS) is 10.8. The fourth-order valence-corrected chi connectivity index (χ4v) is 2.76. The standard InChI is InChI=1S/C20H16N4O/c1-14(25)22-17-9-7-16(8-10-17)19-13-21-20-12-11-18(23-24(19)20)15-5-3-2-4-6-15/h2-13H,1H3,(H,22,25). The number of amides is 1. The molecule has 0 radical (unpaired) electrons. The minimum Gasteiger partial charge on any atom is -0.326 e. The first kappa shape index (κ1) is 15.1. The average molecular weight is 328 g/mol. The number of aromatic nitrogens is 3. The molecule has 0 saturated carbocycles. The summed E-state index contributed by atoms with van der Waals surface area (Å²) in [7, 11) is 0. The molecule has 1 N–H and O–H groups in total. The summed E-state index contributed by atoms with van der Waals surface area (Å²) < 4.78 is 1.84. The second-order valence-electron chi connectivity index (χ2n) is 5.76. The van der Waals surface area contributed by atoms with Crippen LogP contribution in [0.3, 0.4) is 0 Å². The lowest BCUT2D eigenvalue weighted by Gasteiger charge is -2.06. The van der Waals surface area contributed by atoms with Gasteiger partial charge in [-0.3, -0.25) is 4.79 Å². The van der Waals surface area contributed by atoms with Crippen LogP contribution in [0.25, 0.3) is 28.2 Å². The second kappa shape index (κ2) is 6.20. The minimum atomic E-state index is -0.0864. The molecule has 4 aromatic rings. The van der Waals surface area contributed by atoms with Crippen LogP contribution in [0, 0.1) is 0 Å². The Morgan fingerprint density at radius 1 is 0.920 bits per heavy atom. The first-order valence-corrected chi connectivity index (χ1v) is 7.99. The van der Waals surface area contributed by atoms with Crippen LogP contribution < -0.4 is 5.32 Å². The van der Waals surface area contributed by atoms with Crippen molar-refractivity contribution in [1.82, 2.24) is 14.6 Å². The second-order valence-corrected chi connectivity index (χ2v) is 5.76. The van der Waals surface area contributed by atoms with E-state index in [2.05, 4.69) is 10.3 Å². The van der Waals surface area contributed by atoms with Crippen LogP contribution in [0.1, 0.15) is 6.92 Å². The van der Waals surface area contributed by atoms with Crippen LogP contribution in [0.2, 0.25) is 0 Å². The maximum absolute atomic E-state index is 11.1. The molecular formula is C20H16N4O. The largest absolute Gasteiger partial charge is 0.326 e. The maximum atomic E-state index is 11.1. The van der Waals surface area contributed by atoms with E-state index < -0.39 is 0 Å². The van der Waals surface area contributed by atoms with Crippen LogP contribution in [0.5, 0.6) is 0 Å². The predicted molar refractivity (Wildman–Crippen MR) is 98.2 cm³/mol. The summed E-state index contributed by atoms with van der Waals surface area (Å²) in [6.07, 6.45) is 1.81. The summed E-state index contributed by atoms with van der Waals surface area (Å²) in [6.45, 7) is 1.49. The lowest BCUT2D eigenvalue weighted by molar-refractivity contribution is -0.114. The maximum Gasteiger partial charge on any atom is 0.221 e. The minimum absolute atomic E-state index is 0.0864. The number of hydrogen-bond acceptors (Lipinski definition) is 3. The van der Waals surface area contributed by atoms with Gasteiger partial charge in [0.25, 0.3) is 0 Å². The zero-order valence-corrected chi connectivity index (χ0v) is 13.7. The van der Waals surface area contributed by atoms with Crippen molar-refractivity contribution in [3.05, 3.63) is 72.9 Å². The number of rotatable bonds is 3. The monoisotopic (exact) mass is 328 g/mol. The van der Waals surface area contributed by atoms with Gasteiger partial charge in [-0.25, -0.2) is 9.50 Å². The van der Waals surface area contributed by atoms with Gasteiger partial charge in [-0.15, -0.1) is 0 Å². The lowest BCUT2D eigenvalue weighted by atomic mass is 10.1. The van der Waals surface area contributed by atoms with Gasteiger partial charge in [0.2, 0.25) is 5.91 Å². The highest BCUT2D eigenvalue weighted by molar-refractivity contribution is 5.88. The number of nitrogens with zero attached hydrogens (tertiary/aromatic N) is 3. The van der Waals surface area contributed by atoms with Crippen molar-refractivity contribution >= 4 is 17.2 Å². The van der Waals surface area contributed by atoms with Crippen molar-refractivity contribution in [1.29, 1.82) is 0 Å². The third-order valence-corrected chi connectivity index (χ3v) is 3.93. The summed E-state index contributed by atoms with van der Waals surface area (Å²) in [5.41, 5.74) is 5.40. The molecule has 0 saturated heterocycles. The van der Waals surface area contributed by atoms with E-state index in [0.717, 1.165) is 33.8 Å². The van der Waals surface area contributed by atoms with Crippen molar-refractivity contribution in [3.8, 4) is 22.5 Å². The van der Waals surface area contributed by atoms with Gasteiger partial charge in [0.05, 0.1) is 17.6 Å². The van der Waals surface area contributed by atoms with Gasteiger partial charge >= 0.3 is 0 Å². The number of fused-ring (bicyclic) bond motifs is 1. The van der Waals surface area contributed by atoms with Crippen LogP contribution >= 0.6 is 0 Å². The van der Waals surface area contributed by atoms with Gasteiger partial charge in [0.1, 0.15) is 0 Å². The molecule has 2 aromatic carbocycles. The van der Waals surface area contributed by atoms with Crippen molar-refractivity contribution in [2.75, 3.05) is 5.32 Å². The molecule has 2 aromatic heterocycles. The molecule has 0 spiro atoms. The molecule has 4 rings (SSSR count). The van der Waals surface area contributed by atoms with Crippen molar-refractivity contribution in [3.63, 3.8) is 0 Å². The van der Waals surface area contributed by atoms with Crippen LogP contribution in [0.4, 0.5) is 5.69 Å². The molecule has 0 bridgehead atoms. The van der Waals surface area contributed by atoms with Gasteiger partial charge in [-0.05, 0) is 24.3 Å². The first-order chi connectivity index (χ1) is 12.2. The molecule has 0 aliphatic rings. The number of carbonyl (C=O) groups is 1. The van der Waals surface area contributed by atoms with E-state index in [9.17, 15) is 4.79 Å². The fraction of sp³-hybridized carbons (Fsp3) is 0.0500. The molecule has 0 fully saturated rings. The zero-order valence-electron chi connectivity index (χ0n) is 13.7. The molecule has 2 heterocycles. The van der Waals surface area contributed by atoms with E-state index in [-0.39, 0.29) is 5.91 Å². The Balaban J connectivity index is 1.76. The van der Waals surface area contributed by atoms with Crippen molar-refractivity contribution in [2.24, 2.45) is 0 Å². The zero-order chi connectivity index (χ0) is 17.2. The Morgan fingerprint density at radius 3 is 2.40 bits per heavy atom. The van der Waals surface area contributed by atoms with E-state index in [4.69, 9.17) is 5.10 Å². The lowest BCUT2D eigenvalue weighted by Crippen LogP contribution is -2.05. The summed E-state index contributed by atoms with van der Waals surface area (Å²) in [5.74, 6) is -0.0864. The third kappa shape index (κ3) is 2.99. The molecule has 5 heteroatoms. The molecule has 122 valence electrons. The smallest absolute Gasteiger partial charge is 0.221 e. The third-order valence-electron chi connectivity index (χ3n) is 3.93. The molecule has 0 atom stereocenters. The van der Waals surface area contributed by atoms with E-state index in [0.29, 0.717) is 0 Å². The summed E-state index contributed by atoms with van der Waals surface area (Å²) >= 11 is 0.